The molecule has 0 spiro atoms. The maximum atomic E-state index is 11.3. The highest BCUT2D eigenvalue weighted by Gasteiger charge is 2.25. The second-order valence-electron chi connectivity index (χ2n) is 2.71. The van der Waals surface area contributed by atoms with Gasteiger partial charge in [0.15, 0.2) is 0 Å². The smallest absolute Gasteiger partial charge is 0.250 e. The minimum atomic E-state index is 0. The van der Waals surface area contributed by atoms with Crippen LogP contribution in [0.1, 0.15) is 6.42 Å². The lowest BCUT2D eigenvalue weighted by Crippen LogP contribution is -2.33. The van der Waals surface area contributed by atoms with Gasteiger partial charge in [0.1, 0.15) is 0 Å². The van der Waals surface area contributed by atoms with E-state index in [0.717, 1.165) is 19.5 Å². The van der Waals surface area contributed by atoms with Crippen molar-refractivity contribution in [3.8, 4) is 0 Å². The van der Waals surface area contributed by atoms with Crippen LogP contribution < -0.4 is 5.32 Å². The largest absolute Gasteiger partial charge is 0.316 e. The SMILES string of the molecule is CON(C)C(=O)C1CCNC1.Cl. The molecular weight excluding hydrogens is 180 g/mol. The lowest BCUT2D eigenvalue weighted by molar-refractivity contribution is -0.172. The zero-order chi connectivity index (χ0) is 8.27. The number of amides is 1. The Balaban J connectivity index is 0.00000121. The Hall–Kier alpha value is -0.320. The van der Waals surface area contributed by atoms with Gasteiger partial charge in [-0.1, -0.05) is 0 Å². The van der Waals surface area contributed by atoms with Gasteiger partial charge in [0.25, 0.3) is 0 Å². The van der Waals surface area contributed by atoms with Crippen LogP contribution in [-0.2, 0) is 9.63 Å². The summed E-state index contributed by atoms with van der Waals surface area (Å²) in [5, 5.41) is 4.42. The van der Waals surface area contributed by atoms with E-state index in [-0.39, 0.29) is 24.2 Å². The van der Waals surface area contributed by atoms with Crippen molar-refractivity contribution in [2.75, 3.05) is 27.2 Å². The molecule has 0 aromatic carbocycles. The molecule has 1 saturated heterocycles. The van der Waals surface area contributed by atoms with Gasteiger partial charge in [0.05, 0.1) is 13.0 Å². The van der Waals surface area contributed by atoms with Crippen LogP contribution in [-0.4, -0.2) is 38.2 Å². The van der Waals surface area contributed by atoms with E-state index in [4.69, 9.17) is 4.84 Å². The Bertz CT molecular complexity index is 148. The number of nitrogens with one attached hydrogen (secondary N) is 1. The van der Waals surface area contributed by atoms with Gasteiger partial charge in [-0.15, -0.1) is 12.4 Å². The Morgan fingerprint density at radius 3 is 2.75 bits per heavy atom. The maximum Gasteiger partial charge on any atom is 0.250 e. The molecule has 1 aliphatic rings. The number of hydrogen-bond acceptors (Lipinski definition) is 3. The topological polar surface area (TPSA) is 41.6 Å². The van der Waals surface area contributed by atoms with Crippen molar-refractivity contribution < 1.29 is 9.63 Å². The van der Waals surface area contributed by atoms with E-state index in [9.17, 15) is 4.79 Å². The van der Waals surface area contributed by atoms with Gasteiger partial charge in [-0.05, 0) is 13.0 Å². The molecule has 0 saturated carbocycles. The number of rotatable bonds is 2. The molecule has 4 nitrogen and oxygen atoms in total. The highest BCUT2D eigenvalue weighted by molar-refractivity contribution is 5.85. The van der Waals surface area contributed by atoms with E-state index in [1.165, 1.54) is 12.2 Å². The first-order valence-electron chi connectivity index (χ1n) is 3.78. The summed E-state index contributed by atoms with van der Waals surface area (Å²) >= 11 is 0. The summed E-state index contributed by atoms with van der Waals surface area (Å²) in [5.74, 6) is 0.178. The van der Waals surface area contributed by atoms with Crippen LogP contribution >= 0.6 is 12.4 Å². The first-order valence-corrected chi connectivity index (χ1v) is 3.78. The van der Waals surface area contributed by atoms with Crippen molar-refractivity contribution >= 4 is 18.3 Å². The Kier molecular flexibility index (Phi) is 5.20. The van der Waals surface area contributed by atoms with Crippen molar-refractivity contribution in [1.29, 1.82) is 0 Å². The molecule has 12 heavy (non-hydrogen) atoms. The number of hydrogen-bond donors (Lipinski definition) is 1. The van der Waals surface area contributed by atoms with Crippen molar-refractivity contribution in [3.63, 3.8) is 0 Å². The summed E-state index contributed by atoms with van der Waals surface area (Å²) < 4.78 is 0. The molecular formula is C7H15ClN2O2. The zero-order valence-electron chi connectivity index (χ0n) is 7.37. The fourth-order valence-corrected chi connectivity index (χ4v) is 1.21. The van der Waals surface area contributed by atoms with E-state index in [0.29, 0.717) is 0 Å². The summed E-state index contributed by atoms with van der Waals surface area (Å²) in [5.41, 5.74) is 0. The highest BCUT2D eigenvalue weighted by atomic mass is 35.5. The molecule has 1 atom stereocenters. The standard InChI is InChI=1S/C7H14N2O2.ClH/c1-9(11-2)7(10)6-3-4-8-5-6;/h6,8H,3-5H2,1-2H3;1H. The van der Waals surface area contributed by atoms with Gasteiger partial charge in [-0.2, -0.15) is 0 Å². The minimum Gasteiger partial charge on any atom is -0.316 e. The molecule has 0 radical (unpaired) electrons. The van der Waals surface area contributed by atoms with Gasteiger partial charge in [-0.3, -0.25) is 9.63 Å². The fourth-order valence-electron chi connectivity index (χ4n) is 1.21. The van der Waals surface area contributed by atoms with Gasteiger partial charge in [-0.25, -0.2) is 5.06 Å². The van der Waals surface area contributed by atoms with Gasteiger partial charge >= 0.3 is 0 Å². The molecule has 1 aliphatic heterocycles. The van der Waals surface area contributed by atoms with Crippen LogP contribution in [0, 0.1) is 5.92 Å². The second-order valence-corrected chi connectivity index (χ2v) is 2.71. The number of carbonyl (C=O) groups excluding carboxylic acids is 1. The Morgan fingerprint density at radius 1 is 1.67 bits per heavy atom. The molecule has 0 aromatic heterocycles. The van der Waals surface area contributed by atoms with Gasteiger partial charge in [0.2, 0.25) is 5.91 Å². The number of nitrogens with zero attached hydrogens (tertiary/aromatic N) is 1. The lowest BCUT2D eigenvalue weighted by atomic mass is 10.1. The normalized spacial score (nSPS) is 21.7. The second kappa shape index (κ2) is 5.35. The molecule has 0 aliphatic carbocycles. The Labute approximate surface area is 78.6 Å². The van der Waals surface area contributed by atoms with Gasteiger partial charge < -0.3 is 5.32 Å². The minimum absolute atomic E-state index is 0. The van der Waals surface area contributed by atoms with Crippen molar-refractivity contribution in [2.24, 2.45) is 5.92 Å². The van der Waals surface area contributed by atoms with E-state index < -0.39 is 0 Å². The molecule has 1 rings (SSSR count). The average Bonchev–Trinajstić information content (AvgIpc) is 2.53. The zero-order valence-corrected chi connectivity index (χ0v) is 8.19. The average molecular weight is 195 g/mol. The third kappa shape index (κ3) is 2.62. The third-order valence-electron chi connectivity index (χ3n) is 1.99. The van der Waals surface area contributed by atoms with E-state index in [1.54, 1.807) is 7.05 Å². The molecule has 72 valence electrons. The van der Waals surface area contributed by atoms with Crippen LogP contribution in [0.2, 0.25) is 0 Å². The molecule has 1 fully saturated rings. The number of carbonyl (C=O) groups is 1. The first-order chi connectivity index (χ1) is 5.25. The van der Waals surface area contributed by atoms with Crippen LogP contribution in [0.5, 0.6) is 0 Å². The molecule has 1 N–H and O–H groups in total. The number of halogens is 1. The quantitative estimate of drug-likeness (QED) is 0.632. The predicted octanol–water partition coefficient (Wildman–Crippen LogP) is 0.0375. The van der Waals surface area contributed by atoms with Crippen LogP contribution in [0.15, 0.2) is 0 Å². The summed E-state index contributed by atoms with van der Waals surface area (Å²) in [4.78, 5) is 16.1. The predicted molar refractivity (Wildman–Crippen MR) is 48.0 cm³/mol. The van der Waals surface area contributed by atoms with Crippen LogP contribution in [0.25, 0.3) is 0 Å². The van der Waals surface area contributed by atoms with Crippen molar-refractivity contribution in [3.05, 3.63) is 0 Å². The van der Waals surface area contributed by atoms with Crippen molar-refractivity contribution in [2.45, 2.75) is 6.42 Å². The monoisotopic (exact) mass is 194 g/mol. The molecule has 5 heteroatoms. The van der Waals surface area contributed by atoms with E-state index in [1.807, 2.05) is 0 Å². The van der Waals surface area contributed by atoms with Crippen molar-refractivity contribution in [1.82, 2.24) is 10.4 Å². The van der Waals surface area contributed by atoms with Crippen LogP contribution in [0.4, 0.5) is 0 Å². The third-order valence-corrected chi connectivity index (χ3v) is 1.99. The van der Waals surface area contributed by atoms with Gasteiger partial charge in [0, 0.05) is 13.6 Å². The summed E-state index contributed by atoms with van der Waals surface area (Å²) in [6.07, 6.45) is 0.923. The first kappa shape index (κ1) is 11.7. The molecule has 0 bridgehead atoms. The molecule has 1 heterocycles. The molecule has 1 unspecified atom stereocenters. The number of hydroxylamine groups is 2. The molecule has 0 aromatic rings. The lowest BCUT2D eigenvalue weighted by Gasteiger charge is -2.16. The Morgan fingerprint density at radius 2 is 2.33 bits per heavy atom. The van der Waals surface area contributed by atoms with E-state index in [2.05, 4.69) is 5.32 Å². The summed E-state index contributed by atoms with van der Waals surface area (Å²) in [6.45, 7) is 1.72. The summed E-state index contributed by atoms with van der Waals surface area (Å²) in [7, 11) is 3.14. The molecule has 1 amide bonds. The maximum absolute atomic E-state index is 11.3. The summed E-state index contributed by atoms with van der Waals surface area (Å²) in [6, 6.07) is 0. The van der Waals surface area contributed by atoms with Crippen LogP contribution in [0.3, 0.4) is 0 Å². The fraction of sp³-hybridized carbons (Fsp3) is 0.857. The van der Waals surface area contributed by atoms with E-state index >= 15 is 0 Å². The highest BCUT2D eigenvalue weighted by Crippen LogP contribution is 2.10.